The van der Waals surface area contributed by atoms with E-state index in [-0.39, 0.29) is 24.3 Å². The molecule has 10 nitrogen and oxygen atoms in total. The minimum Gasteiger partial charge on any atom is -0.493 e. The topological polar surface area (TPSA) is 101 Å². The van der Waals surface area contributed by atoms with E-state index >= 15 is 0 Å². The summed E-state index contributed by atoms with van der Waals surface area (Å²) in [4.78, 5) is 31.7. The van der Waals surface area contributed by atoms with Crippen molar-refractivity contribution in [3.63, 3.8) is 0 Å². The molecule has 1 saturated carbocycles. The largest absolute Gasteiger partial charge is 0.493 e. The average Bonchev–Trinajstić information content (AvgIpc) is 3.44. The van der Waals surface area contributed by atoms with Crippen molar-refractivity contribution in [1.82, 2.24) is 20.0 Å². The number of methoxy groups -OCH3 is 2. The number of piperazine rings is 1. The molecule has 10 heteroatoms. The lowest BCUT2D eigenvalue weighted by Gasteiger charge is -2.37. The molecule has 1 aromatic carbocycles. The third-order valence-electron chi connectivity index (χ3n) is 7.31. The van der Waals surface area contributed by atoms with E-state index in [0.717, 1.165) is 36.3 Å². The number of rotatable bonds is 9. The fourth-order valence-corrected chi connectivity index (χ4v) is 4.81. The van der Waals surface area contributed by atoms with E-state index in [1.54, 1.807) is 31.4 Å². The zero-order chi connectivity index (χ0) is 26.5. The summed E-state index contributed by atoms with van der Waals surface area (Å²) in [6.07, 6.45) is 4.45. The number of ether oxygens (including phenoxy) is 2. The van der Waals surface area contributed by atoms with Crippen LogP contribution in [0.4, 0.5) is 5.82 Å². The number of carbonyl (C=O) groups excluding carboxylic acids is 2. The van der Waals surface area contributed by atoms with Gasteiger partial charge in [0.2, 0.25) is 11.8 Å². The summed E-state index contributed by atoms with van der Waals surface area (Å²) in [5, 5.41) is 8.84. The molecule has 3 heterocycles. The number of benzene rings is 1. The van der Waals surface area contributed by atoms with Gasteiger partial charge in [-0.25, -0.2) is 0 Å². The molecule has 2 aliphatic rings. The van der Waals surface area contributed by atoms with Gasteiger partial charge in [-0.05, 0) is 55.3 Å². The van der Waals surface area contributed by atoms with Crippen molar-refractivity contribution in [1.29, 1.82) is 0 Å². The molecule has 0 radical (unpaired) electrons. The van der Waals surface area contributed by atoms with Crippen LogP contribution in [0.1, 0.15) is 25.0 Å². The summed E-state index contributed by atoms with van der Waals surface area (Å²) >= 11 is 0. The van der Waals surface area contributed by atoms with Gasteiger partial charge in [-0.1, -0.05) is 6.42 Å². The van der Waals surface area contributed by atoms with Crippen LogP contribution in [0.15, 0.2) is 53.1 Å². The molecule has 1 aliphatic carbocycles. The van der Waals surface area contributed by atoms with Crippen LogP contribution in [0.5, 0.6) is 11.5 Å². The van der Waals surface area contributed by atoms with E-state index in [1.165, 1.54) is 0 Å². The number of anilines is 1. The summed E-state index contributed by atoms with van der Waals surface area (Å²) < 4.78 is 16.1. The minimum atomic E-state index is -0.0428. The number of furan rings is 1. The molecule has 1 saturated heterocycles. The van der Waals surface area contributed by atoms with Crippen LogP contribution in [0, 0.1) is 5.92 Å². The second-order valence-corrected chi connectivity index (χ2v) is 9.62. The van der Waals surface area contributed by atoms with Crippen LogP contribution in [-0.4, -0.2) is 78.8 Å². The first-order chi connectivity index (χ1) is 18.6. The summed E-state index contributed by atoms with van der Waals surface area (Å²) in [5.41, 5.74) is 1.61. The van der Waals surface area contributed by atoms with Crippen LogP contribution in [0.25, 0.3) is 11.3 Å². The van der Waals surface area contributed by atoms with E-state index in [2.05, 4.69) is 15.1 Å². The monoisotopic (exact) mass is 519 g/mol. The number of amides is 2. The number of hydrogen-bond acceptors (Lipinski definition) is 8. The summed E-state index contributed by atoms with van der Waals surface area (Å²) in [6, 6.07) is 13.1. The molecular weight excluding hydrogens is 486 g/mol. The molecule has 1 aliphatic heterocycles. The van der Waals surface area contributed by atoms with Gasteiger partial charge in [0.15, 0.2) is 17.3 Å². The lowest BCUT2D eigenvalue weighted by molar-refractivity contribution is -0.145. The van der Waals surface area contributed by atoms with E-state index in [0.29, 0.717) is 50.0 Å². The Morgan fingerprint density at radius 1 is 1.00 bits per heavy atom. The Balaban J connectivity index is 1.18. The highest BCUT2D eigenvalue weighted by molar-refractivity contribution is 5.86. The maximum atomic E-state index is 13.1. The highest BCUT2D eigenvalue weighted by Gasteiger charge is 2.32. The van der Waals surface area contributed by atoms with Gasteiger partial charge in [0.05, 0.1) is 32.7 Å². The molecule has 200 valence electrons. The van der Waals surface area contributed by atoms with Crippen LogP contribution in [0.2, 0.25) is 0 Å². The third-order valence-corrected chi connectivity index (χ3v) is 7.31. The molecule has 0 unspecified atom stereocenters. The maximum absolute atomic E-state index is 13.1. The smallest absolute Gasteiger partial charge is 0.242 e. The first-order valence-electron chi connectivity index (χ1n) is 13.0. The third kappa shape index (κ3) is 5.58. The first-order valence-corrected chi connectivity index (χ1v) is 13.0. The Labute approximate surface area is 222 Å². The fraction of sp³-hybridized carbons (Fsp3) is 0.429. The average molecular weight is 520 g/mol. The van der Waals surface area contributed by atoms with Gasteiger partial charge in [0.25, 0.3) is 0 Å². The van der Waals surface area contributed by atoms with Crippen molar-refractivity contribution in [3.05, 3.63) is 54.5 Å². The van der Waals surface area contributed by atoms with Crippen molar-refractivity contribution in [2.45, 2.75) is 25.8 Å². The Morgan fingerprint density at radius 2 is 1.79 bits per heavy atom. The Kier molecular flexibility index (Phi) is 7.76. The summed E-state index contributed by atoms with van der Waals surface area (Å²) in [7, 11) is 3.20. The SMILES string of the molecule is COc1ccc(-c2ccc(N3CCN(C(=O)CN(Cc4ccco4)C(=O)C4CCC4)CC3)nn2)cc1OC. The molecular formula is C28H33N5O5. The van der Waals surface area contributed by atoms with Crippen molar-refractivity contribution < 1.29 is 23.5 Å². The van der Waals surface area contributed by atoms with Gasteiger partial charge in [-0.2, -0.15) is 0 Å². The van der Waals surface area contributed by atoms with E-state index in [1.807, 2.05) is 41.3 Å². The van der Waals surface area contributed by atoms with Crippen molar-refractivity contribution in [2.75, 3.05) is 51.8 Å². The normalized spacial score (nSPS) is 15.6. The van der Waals surface area contributed by atoms with Gasteiger partial charge in [-0.3, -0.25) is 9.59 Å². The predicted octanol–water partition coefficient (Wildman–Crippen LogP) is 3.23. The number of aromatic nitrogens is 2. The lowest BCUT2D eigenvalue weighted by atomic mass is 9.84. The molecule has 0 spiro atoms. The standard InChI is InChI=1S/C28H33N5O5/c1-36-24-10-8-21(17-25(24)37-2)23-9-11-26(30-29-23)31-12-14-32(15-13-31)27(34)19-33(18-22-7-4-16-38-22)28(35)20-5-3-6-20/h4,7-11,16-17,20H,3,5-6,12-15,18-19H2,1-2H3. The van der Waals surface area contributed by atoms with Gasteiger partial charge in [-0.15, -0.1) is 10.2 Å². The lowest BCUT2D eigenvalue weighted by Crippen LogP contribution is -2.52. The molecule has 2 fully saturated rings. The van der Waals surface area contributed by atoms with Crippen molar-refractivity contribution >= 4 is 17.6 Å². The molecule has 38 heavy (non-hydrogen) atoms. The highest BCUT2D eigenvalue weighted by Crippen LogP contribution is 2.32. The van der Waals surface area contributed by atoms with Gasteiger partial charge in [0, 0.05) is 37.7 Å². The number of nitrogens with zero attached hydrogens (tertiary/aromatic N) is 5. The van der Waals surface area contributed by atoms with E-state index in [9.17, 15) is 9.59 Å². The first kappa shape index (κ1) is 25.6. The second-order valence-electron chi connectivity index (χ2n) is 9.62. The van der Waals surface area contributed by atoms with Crippen LogP contribution in [-0.2, 0) is 16.1 Å². The zero-order valence-corrected chi connectivity index (χ0v) is 21.8. The van der Waals surface area contributed by atoms with Crippen LogP contribution < -0.4 is 14.4 Å². The molecule has 2 aromatic heterocycles. The Bertz CT molecular complexity index is 1240. The van der Waals surface area contributed by atoms with Crippen LogP contribution in [0.3, 0.4) is 0 Å². The highest BCUT2D eigenvalue weighted by atomic mass is 16.5. The second kappa shape index (κ2) is 11.5. The Morgan fingerprint density at radius 3 is 2.39 bits per heavy atom. The van der Waals surface area contributed by atoms with E-state index in [4.69, 9.17) is 13.9 Å². The summed E-state index contributed by atoms with van der Waals surface area (Å²) in [5.74, 6) is 2.77. The van der Waals surface area contributed by atoms with Gasteiger partial charge < -0.3 is 28.6 Å². The predicted molar refractivity (Wildman–Crippen MR) is 141 cm³/mol. The van der Waals surface area contributed by atoms with E-state index < -0.39 is 0 Å². The van der Waals surface area contributed by atoms with Crippen LogP contribution >= 0.6 is 0 Å². The number of carbonyl (C=O) groups is 2. The molecule has 2 amide bonds. The molecule has 0 bridgehead atoms. The summed E-state index contributed by atoms with van der Waals surface area (Å²) in [6.45, 7) is 2.79. The maximum Gasteiger partial charge on any atom is 0.242 e. The van der Waals surface area contributed by atoms with Crippen molar-refractivity contribution in [3.8, 4) is 22.8 Å². The molecule has 0 atom stereocenters. The molecule has 0 N–H and O–H groups in total. The fourth-order valence-electron chi connectivity index (χ4n) is 4.81. The molecule has 3 aromatic rings. The number of hydrogen-bond donors (Lipinski definition) is 0. The minimum absolute atomic E-state index is 0.0233. The quantitative estimate of drug-likeness (QED) is 0.425. The van der Waals surface area contributed by atoms with Gasteiger partial charge >= 0.3 is 0 Å². The van der Waals surface area contributed by atoms with Gasteiger partial charge in [0.1, 0.15) is 12.3 Å². The van der Waals surface area contributed by atoms with Crippen molar-refractivity contribution in [2.24, 2.45) is 5.92 Å². The molecule has 5 rings (SSSR count). The zero-order valence-electron chi connectivity index (χ0n) is 21.8. The Hall–Kier alpha value is -4.08.